The molecule has 0 amide bonds. The molecule has 1 aliphatic carbocycles. The summed E-state index contributed by atoms with van der Waals surface area (Å²) in [7, 11) is 0. The first-order valence-electron chi connectivity index (χ1n) is 6.41. The van der Waals surface area contributed by atoms with E-state index in [0.29, 0.717) is 6.04 Å². The summed E-state index contributed by atoms with van der Waals surface area (Å²) in [6, 6.07) is 1.56. The second kappa shape index (κ2) is 5.31. The zero-order valence-electron chi connectivity index (χ0n) is 11.1. The molecule has 2 heteroatoms. The van der Waals surface area contributed by atoms with Gasteiger partial charge in [-0.25, -0.2) is 0 Å². The second-order valence-electron chi connectivity index (χ2n) is 6.09. The number of hydrogen-bond acceptors (Lipinski definition) is 2. The predicted octanol–water partition coefficient (Wildman–Crippen LogP) is 2.64. The molecule has 0 bridgehead atoms. The molecule has 15 heavy (non-hydrogen) atoms. The molecule has 0 unspecified atom stereocenters. The molecule has 2 nitrogen and oxygen atoms in total. The molecule has 0 heterocycles. The first-order chi connectivity index (χ1) is 6.90. The van der Waals surface area contributed by atoms with E-state index in [9.17, 15) is 0 Å². The van der Waals surface area contributed by atoms with Crippen LogP contribution in [-0.2, 0) is 0 Å². The molecule has 0 aromatic rings. The molecule has 0 aliphatic heterocycles. The van der Waals surface area contributed by atoms with Crippen molar-refractivity contribution in [3.05, 3.63) is 0 Å². The van der Waals surface area contributed by atoms with Crippen LogP contribution in [0.5, 0.6) is 0 Å². The van der Waals surface area contributed by atoms with E-state index >= 15 is 0 Å². The van der Waals surface area contributed by atoms with Gasteiger partial charge in [0.15, 0.2) is 0 Å². The quantitative estimate of drug-likeness (QED) is 0.753. The van der Waals surface area contributed by atoms with Crippen molar-refractivity contribution < 1.29 is 0 Å². The lowest BCUT2D eigenvalue weighted by Gasteiger charge is -2.40. The van der Waals surface area contributed by atoms with Gasteiger partial charge < -0.3 is 5.32 Å². The molecule has 0 saturated heterocycles. The lowest BCUT2D eigenvalue weighted by molar-refractivity contribution is 0.0933. The van der Waals surface area contributed by atoms with E-state index in [2.05, 4.69) is 44.8 Å². The molecule has 0 aromatic heterocycles. The van der Waals surface area contributed by atoms with Crippen LogP contribution in [0.3, 0.4) is 0 Å². The molecule has 1 rings (SSSR count). The third-order valence-electron chi connectivity index (χ3n) is 3.23. The predicted molar refractivity (Wildman–Crippen MR) is 67.2 cm³/mol. The fourth-order valence-electron chi connectivity index (χ4n) is 2.14. The van der Waals surface area contributed by atoms with Gasteiger partial charge in [-0.3, -0.25) is 4.90 Å². The highest BCUT2D eigenvalue weighted by Crippen LogP contribution is 2.25. The van der Waals surface area contributed by atoms with Gasteiger partial charge in [0, 0.05) is 30.7 Å². The van der Waals surface area contributed by atoms with E-state index in [1.807, 2.05) is 0 Å². The van der Waals surface area contributed by atoms with Gasteiger partial charge in [-0.05, 0) is 47.5 Å². The Morgan fingerprint density at radius 2 is 1.87 bits per heavy atom. The van der Waals surface area contributed by atoms with Crippen LogP contribution in [0.15, 0.2) is 0 Å². The van der Waals surface area contributed by atoms with Crippen LogP contribution in [0.4, 0.5) is 0 Å². The summed E-state index contributed by atoms with van der Waals surface area (Å²) in [4.78, 5) is 2.66. The zero-order valence-corrected chi connectivity index (χ0v) is 11.1. The molecular weight excluding hydrogens is 184 g/mol. The molecule has 0 aromatic carbocycles. The van der Waals surface area contributed by atoms with Gasteiger partial charge in [-0.1, -0.05) is 6.42 Å². The van der Waals surface area contributed by atoms with Crippen molar-refractivity contribution in [1.82, 2.24) is 10.2 Å². The maximum absolute atomic E-state index is 3.57. The summed E-state index contributed by atoms with van der Waals surface area (Å²) in [6.45, 7) is 13.6. The van der Waals surface area contributed by atoms with Gasteiger partial charge in [0.05, 0.1) is 0 Å². The molecule has 1 aliphatic rings. The van der Waals surface area contributed by atoms with Crippen molar-refractivity contribution in [2.75, 3.05) is 13.1 Å². The van der Waals surface area contributed by atoms with Crippen LogP contribution >= 0.6 is 0 Å². The molecule has 90 valence electrons. The third kappa shape index (κ3) is 4.52. The lowest BCUT2D eigenvalue weighted by atomic mass is 9.90. The van der Waals surface area contributed by atoms with E-state index in [1.165, 1.54) is 25.8 Å². The molecule has 0 spiro atoms. The van der Waals surface area contributed by atoms with Gasteiger partial charge in [0.2, 0.25) is 0 Å². The Kier molecular flexibility index (Phi) is 4.60. The van der Waals surface area contributed by atoms with Crippen LogP contribution in [0.1, 0.15) is 53.9 Å². The smallest absolute Gasteiger partial charge is 0.0113 e. The maximum atomic E-state index is 3.57. The monoisotopic (exact) mass is 212 g/mol. The summed E-state index contributed by atoms with van der Waals surface area (Å²) in [5.41, 5.74) is 0.252. The fraction of sp³-hybridized carbons (Fsp3) is 1.00. The number of nitrogens with one attached hydrogen (secondary N) is 1. The average Bonchev–Trinajstić information content (AvgIpc) is 1.96. The minimum atomic E-state index is 0.252. The van der Waals surface area contributed by atoms with Crippen molar-refractivity contribution >= 4 is 0 Å². The Labute approximate surface area is 95.4 Å². The van der Waals surface area contributed by atoms with Gasteiger partial charge in [0.1, 0.15) is 0 Å². The van der Waals surface area contributed by atoms with E-state index in [-0.39, 0.29) is 5.54 Å². The average molecular weight is 212 g/mol. The maximum Gasteiger partial charge on any atom is 0.0113 e. The van der Waals surface area contributed by atoms with Crippen molar-refractivity contribution in [2.24, 2.45) is 0 Å². The zero-order chi connectivity index (χ0) is 11.5. The summed E-state index contributed by atoms with van der Waals surface area (Å²) >= 11 is 0. The molecule has 1 N–H and O–H groups in total. The molecule has 1 fully saturated rings. The minimum Gasteiger partial charge on any atom is -0.311 e. The Hall–Kier alpha value is -0.0800. The Morgan fingerprint density at radius 1 is 1.27 bits per heavy atom. The topological polar surface area (TPSA) is 15.3 Å². The van der Waals surface area contributed by atoms with Crippen LogP contribution in [0, 0.1) is 0 Å². The highest BCUT2D eigenvalue weighted by atomic mass is 15.2. The number of hydrogen-bond donors (Lipinski definition) is 1. The second-order valence-corrected chi connectivity index (χ2v) is 6.09. The highest BCUT2D eigenvalue weighted by molar-refractivity contribution is 4.83. The largest absolute Gasteiger partial charge is 0.311 e. The fourth-order valence-corrected chi connectivity index (χ4v) is 2.14. The molecular formula is C13H28N2. The number of rotatable bonds is 5. The SMILES string of the molecule is CC(C)N(CCNC(C)(C)C)C1CCC1. The van der Waals surface area contributed by atoms with E-state index in [1.54, 1.807) is 0 Å². The normalized spacial score (nSPS) is 18.6. The lowest BCUT2D eigenvalue weighted by Crippen LogP contribution is -2.49. The Morgan fingerprint density at radius 3 is 2.20 bits per heavy atom. The molecule has 1 saturated carbocycles. The Bertz CT molecular complexity index is 177. The van der Waals surface area contributed by atoms with Crippen molar-refractivity contribution in [1.29, 1.82) is 0 Å². The van der Waals surface area contributed by atoms with Crippen molar-refractivity contribution in [3.8, 4) is 0 Å². The van der Waals surface area contributed by atoms with Crippen LogP contribution in [0.25, 0.3) is 0 Å². The standard InChI is InChI=1S/C13H28N2/c1-11(2)15(12-7-6-8-12)10-9-14-13(3,4)5/h11-12,14H,6-10H2,1-5H3. The molecule has 0 radical (unpaired) electrons. The van der Waals surface area contributed by atoms with E-state index in [4.69, 9.17) is 0 Å². The van der Waals surface area contributed by atoms with Crippen LogP contribution < -0.4 is 5.32 Å². The minimum absolute atomic E-state index is 0.252. The van der Waals surface area contributed by atoms with Gasteiger partial charge in [-0.15, -0.1) is 0 Å². The highest BCUT2D eigenvalue weighted by Gasteiger charge is 2.26. The van der Waals surface area contributed by atoms with Gasteiger partial charge in [0.25, 0.3) is 0 Å². The van der Waals surface area contributed by atoms with Gasteiger partial charge >= 0.3 is 0 Å². The van der Waals surface area contributed by atoms with Gasteiger partial charge in [-0.2, -0.15) is 0 Å². The summed E-state index contributed by atoms with van der Waals surface area (Å²) in [5, 5.41) is 3.57. The Balaban J connectivity index is 2.26. The van der Waals surface area contributed by atoms with E-state index < -0.39 is 0 Å². The first kappa shape index (κ1) is 13.0. The summed E-state index contributed by atoms with van der Waals surface area (Å²) in [5.74, 6) is 0. The van der Waals surface area contributed by atoms with E-state index in [0.717, 1.165) is 12.6 Å². The van der Waals surface area contributed by atoms with Crippen LogP contribution in [-0.4, -0.2) is 35.6 Å². The van der Waals surface area contributed by atoms with Crippen LogP contribution in [0.2, 0.25) is 0 Å². The first-order valence-corrected chi connectivity index (χ1v) is 6.41. The third-order valence-corrected chi connectivity index (χ3v) is 3.23. The molecule has 0 atom stereocenters. The number of nitrogens with zero attached hydrogens (tertiary/aromatic N) is 1. The van der Waals surface area contributed by atoms with Crippen molar-refractivity contribution in [2.45, 2.75) is 71.5 Å². The summed E-state index contributed by atoms with van der Waals surface area (Å²) < 4.78 is 0. The summed E-state index contributed by atoms with van der Waals surface area (Å²) in [6.07, 6.45) is 4.25. The van der Waals surface area contributed by atoms with Crippen molar-refractivity contribution in [3.63, 3.8) is 0 Å².